The molecule has 1 aromatic carbocycles. The molecule has 0 bridgehead atoms. The van der Waals surface area contributed by atoms with Crippen LogP contribution in [0.2, 0.25) is 0 Å². The van der Waals surface area contributed by atoms with E-state index in [1.165, 1.54) is 6.07 Å². The van der Waals surface area contributed by atoms with E-state index >= 15 is 0 Å². The van der Waals surface area contributed by atoms with Crippen molar-refractivity contribution in [2.24, 2.45) is 5.92 Å². The van der Waals surface area contributed by atoms with Crippen LogP contribution in [-0.4, -0.2) is 24.6 Å². The minimum Gasteiger partial charge on any atom is -0.548 e. The van der Waals surface area contributed by atoms with E-state index in [9.17, 15) is 19.1 Å². The fraction of sp³-hybridized carbons (Fsp3) is 0.429. The van der Waals surface area contributed by atoms with Crippen molar-refractivity contribution in [1.29, 1.82) is 0 Å². The molecule has 0 saturated heterocycles. The van der Waals surface area contributed by atoms with E-state index < -0.39 is 18.0 Å². The van der Waals surface area contributed by atoms with Gasteiger partial charge in [-0.3, -0.25) is 0 Å². The van der Waals surface area contributed by atoms with Crippen molar-refractivity contribution >= 4 is 12.0 Å². The van der Waals surface area contributed by atoms with Crippen LogP contribution in [0.1, 0.15) is 19.4 Å². The highest BCUT2D eigenvalue weighted by Gasteiger charge is 2.16. The quantitative estimate of drug-likeness (QED) is 0.794. The van der Waals surface area contributed by atoms with Gasteiger partial charge in [0.1, 0.15) is 5.82 Å². The standard InChI is InChI=1S/C14H19FN2O3/c1-9(2)12(13(18)19)17-14(20)16-8-7-10-5-3-4-6-11(10)15/h3-6,9,12H,7-8H2,1-2H3,(H,18,19)(H2,16,17,20)/p-1/t12-/m0/s1. The number of nitrogens with one attached hydrogen (secondary N) is 2. The smallest absolute Gasteiger partial charge is 0.315 e. The normalized spacial score (nSPS) is 12.0. The zero-order valence-corrected chi connectivity index (χ0v) is 11.5. The molecule has 1 rings (SSSR count). The molecule has 0 fully saturated rings. The highest BCUT2D eigenvalue weighted by molar-refractivity contribution is 5.81. The fourth-order valence-electron chi connectivity index (χ4n) is 1.70. The van der Waals surface area contributed by atoms with Gasteiger partial charge in [-0.2, -0.15) is 0 Å². The number of amides is 2. The third-order valence-corrected chi connectivity index (χ3v) is 2.84. The summed E-state index contributed by atoms with van der Waals surface area (Å²) >= 11 is 0. The molecule has 0 heterocycles. The first-order chi connectivity index (χ1) is 9.41. The second kappa shape index (κ2) is 7.47. The molecular weight excluding hydrogens is 263 g/mol. The number of rotatable bonds is 6. The Morgan fingerprint density at radius 1 is 1.30 bits per heavy atom. The lowest BCUT2D eigenvalue weighted by Crippen LogP contribution is -2.53. The molecule has 0 radical (unpaired) electrons. The average Bonchev–Trinajstić information content (AvgIpc) is 2.37. The van der Waals surface area contributed by atoms with Crippen LogP contribution in [0.5, 0.6) is 0 Å². The van der Waals surface area contributed by atoms with Crippen LogP contribution in [0.4, 0.5) is 9.18 Å². The Bertz CT molecular complexity index is 477. The van der Waals surface area contributed by atoms with Crippen molar-refractivity contribution in [3.05, 3.63) is 35.6 Å². The molecule has 0 spiro atoms. The van der Waals surface area contributed by atoms with Gasteiger partial charge < -0.3 is 20.5 Å². The van der Waals surface area contributed by atoms with Gasteiger partial charge in [-0.05, 0) is 24.0 Å². The minimum absolute atomic E-state index is 0.213. The van der Waals surface area contributed by atoms with Crippen LogP contribution in [0.15, 0.2) is 24.3 Å². The Morgan fingerprint density at radius 2 is 1.95 bits per heavy atom. The fourth-order valence-corrected chi connectivity index (χ4v) is 1.70. The molecule has 2 amide bonds. The SMILES string of the molecule is CC(C)[C@H](NC(=O)NCCc1ccccc1F)C(=O)[O-]. The zero-order valence-electron chi connectivity index (χ0n) is 11.5. The zero-order chi connectivity index (χ0) is 15.1. The van der Waals surface area contributed by atoms with Crippen molar-refractivity contribution in [2.45, 2.75) is 26.3 Å². The first-order valence-corrected chi connectivity index (χ1v) is 6.40. The highest BCUT2D eigenvalue weighted by Crippen LogP contribution is 2.06. The molecular formula is C14H18FN2O3-. The summed E-state index contributed by atoms with van der Waals surface area (Å²) in [6.07, 6.45) is 0.331. The lowest BCUT2D eigenvalue weighted by atomic mass is 10.1. The Morgan fingerprint density at radius 3 is 2.50 bits per heavy atom. The van der Waals surface area contributed by atoms with E-state index in [0.717, 1.165) is 0 Å². The Labute approximate surface area is 117 Å². The lowest BCUT2D eigenvalue weighted by Gasteiger charge is -2.23. The molecule has 0 aromatic heterocycles. The van der Waals surface area contributed by atoms with Crippen molar-refractivity contribution in [3.63, 3.8) is 0 Å². The summed E-state index contributed by atoms with van der Waals surface area (Å²) in [5.41, 5.74) is 0.494. The maximum absolute atomic E-state index is 13.3. The van der Waals surface area contributed by atoms with E-state index in [4.69, 9.17) is 0 Å². The average molecular weight is 281 g/mol. The van der Waals surface area contributed by atoms with E-state index in [1.807, 2.05) is 0 Å². The number of carboxylic acid groups (broad SMARTS) is 1. The summed E-state index contributed by atoms with van der Waals surface area (Å²) in [4.78, 5) is 22.3. The molecule has 0 aliphatic carbocycles. The van der Waals surface area contributed by atoms with E-state index in [-0.39, 0.29) is 18.3 Å². The molecule has 1 atom stereocenters. The van der Waals surface area contributed by atoms with Crippen molar-refractivity contribution in [3.8, 4) is 0 Å². The van der Waals surface area contributed by atoms with E-state index in [0.29, 0.717) is 12.0 Å². The third-order valence-electron chi connectivity index (χ3n) is 2.84. The van der Waals surface area contributed by atoms with Crippen molar-refractivity contribution < 1.29 is 19.1 Å². The maximum Gasteiger partial charge on any atom is 0.315 e. The van der Waals surface area contributed by atoms with Gasteiger partial charge in [-0.15, -0.1) is 0 Å². The molecule has 20 heavy (non-hydrogen) atoms. The Hall–Kier alpha value is -2.11. The van der Waals surface area contributed by atoms with Gasteiger partial charge in [0.2, 0.25) is 0 Å². The first kappa shape index (κ1) is 15.9. The minimum atomic E-state index is -1.33. The summed E-state index contributed by atoms with van der Waals surface area (Å²) in [6, 6.07) is 4.62. The third kappa shape index (κ3) is 4.87. The number of carbonyl (C=O) groups is 2. The van der Waals surface area contributed by atoms with Crippen LogP contribution in [0.3, 0.4) is 0 Å². The van der Waals surface area contributed by atoms with E-state index in [1.54, 1.807) is 32.0 Å². The van der Waals surface area contributed by atoms with Crippen LogP contribution < -0.4 is 15.7 Å². The monoisotopic (exact) mass is 281 g/mol. The number of hydrogen-bond acceptors (Lipinski definition) is 3. The molecule has 0 saturated carbocycles. The van der Waals surface area contributed by atoms with Gasteiger partial charge in [0.05, 0.1) is 12.0 Å². The Kier molecular flexibility index (Phi) is 5.96. The van der Waals surface area contributed by atoms with Gasteiger partial charge in [-0.1, -0.05) is 32.0 Å². The number of aliphatic carboxylic acids is 1. The molecule has 0 aliphatic heterocycles. The second-order valence-electron chi connectivity index (χ2n) is 4.78. The summed E-state index contributed by atoms with van der Waals surface area (Å²) < 4.78 is 13.3. The summed E-state index contributed by atoms with van der Waals surface area (Å²) in [6.45, 7) is 3.55. The molecule has 5 nitrogen and oxygen atoms in total. The number of hydrogen-bond donors (Lipinski definition) is 2. The number of urea groups is 1. The van der Waals surface area contributed by atoms with Crippen LogP contribution in [0.25, 0.3) is 0 Å². The maximum atomic E-state index is 13.3. The predicted octanol–water partition coefficient (Wildman–Crippen LogP) is 0.442. The number of carbonyl (C=O) groups excluding carboxylic acids is 2. The molecule has 2 N–H and O–H groups in total. The van der Waals surface area contributed by atoms with Gasteiger partial charge in [0.15, 0.2) is 0 Å². The summed E-state index contributed by atoms with van der Waals surface area (Å²) in [5.74, 6) is -1.94. The van der Waals surface area contributed by atoms with E-state index in [2.05, 4.69) is 10.6 Å². The Balaban J connectivity index is 2.40. The molecule has 1 aromatic rings. The molecule has 110 valence electrons. The molecule has 0 unspecified atom stereocenters. The second-order valence-corrected chi connectivity index (χ2v) is 4.78. The lowest BCUT2D eigenvalue weighted by molar-refractivity contribution is -0.309. The van der Waals surface area contributed by atoms with Gasteiger partial charge >= 0.3 is 6.03 Å². The van der Waals surface area contributed by atoms with Gasteiger partial charge in [0, 0.05) is 6.54 Å². The summed E-state index contributed by atoms with van der Waals surface area (Å²) in [5, 5.41) is 15.6. The summed E-state index contributed by atoms with van der Waals surface area (Å²) in [7, 11) is 0. The predicted molar refractivity (Wildman–Crippen MR) is 70.3 cm³/mol. The van der Waals surface area contributed by atoms with Gasteiger partial charge in [-0.25, -0.2) is 9.18 Å². The highest BCUT2D eigenvalue weighted by atomic mass is 19.1. The van der Waals surface area contributed by atoms with Crippen LogP contribution in [-0.2, 0) is 11.2 Å². The molecule has 6 heteroatoms. The number of carboxylic acids is 1. The topological polar surface area (TPSA) is 81.3 Å². The van der Waals surface area contributed by atoms with Gasteiger partial charge in [0.25, 0.3) is 0 Å². The number of benzene rings is 1. The van der Waals surface area contributed by atoms with Crippen molar-refractivity contribution in [2.75, 3.05) is 6.54 Å². The van der Waals surface area contributed by atoms with Crippen LogP contribution >= 0.6 is 0 Å². The molecule has 0 aliphatic rings. The largest absolute Gasteiger partial charge is 0.548 e. The number of halogens is 1. The van der Waals surface area contributed by atoms with Crippen LogP contribution in [0, 0.1) is 11.7 Å². The first-order valence-electron chi connectivity index (χ1n) is 6.40. The van der Waals surface area contributed by atoms with Crippen molar-refractivity contribution in [1.82, 2.24) is 10.6 Å².